The first-order chi connectivity index (χ1) is 11.6. The van der Waals surface area contributed by atoms with Crippen LogP contribution < -0.4 is 11.1 Å². The average molecular weight is 348 g/mol. The molecule has 1 atom stereocenters. The maximum Gasteiger partial charge on any atom is 0.407 e. The van der Waals surface area contributed by atoms with Crippen molar-refractivity contribution in [2.75, 3.05) is 13.1 Å². The molecular weight excluding hydrogens is 323 g/mol. The normalized spacial score (nSPS) is 14.0. The summed E-state index contributed by atoms with van der Waals surface area (Å²) in [6.07, 6.45) is -0.502. The Morgan fingerprint density at radius 1 is 1.16 bits per heavy atom. The molecule has 1 aromatic carbocycles. The van der Waals surface area contributed by atoms with Gasteiger partial charge in [-0.3, -0.25) is 0 Å². The number of nitrogens with two attached hydrogens (primary N) is 1. The standard InChI is InChI=1S/C19H25FN2O3/c1-18(2,3)25-17(23)22-12-19(4,11-21)16-10-9-15(24-16)13-5-7-14(20)8-6-13/h5-10H,11-12,21H2,1-4H3,(H,22,23). The van der Waals surface area contributed by atoms with Crippen LogP contribution in [0.4, 0.5) is 9.18 Å². The topological polar surface area (TPSA) is 77.5 Å². The third-order valence-electron chi connectivity index (χ3n) is 3.80. The predicted octanol–water partition coefficient (Wildman–Crippen LogP) is 3.83. The van der Waals surface area contributed by atoms with Gasteiger partial charge in [-0.2, -0.15) is 0 Å². The van der Waals surface area contributed by atoms with Crippen LogP contribution in [0.5, 0.6) is 0 Å². The van der Waals surface area contributed by atoms with Gasteiger partial charge in [0.1, 0.15) is 22.9 Å². The highest BCUT2D eigenvalue weighted by molar-refractivity contribution is 5.67. The molecule has 0 aliphatic carbocycles. The number of nitrogens with one attached hydrogen (secondary N) is 1. The molecule has 3 N–H and O–H groups in total. The van der Waals surface area contributed by atoms with Crippen molar-refractivity contribution >= 4 is 6.09 Å². The van der Waals surface area contributed by atoms with Crippen molar-refractivity contribution in [3.8, 4) is 11.3 Å². The van der Waals surface area contributed by atoms with Gasteiger partial charge in [0, 0.05) is 18.7 Å². The second-order valence-electron chi connectivity index (χ2n) is 7.29. The number of carbonyl (C=O) groups is 1. The van der Waals surface area contributed by atoms with E-state index in [4.69, 9.17) is 14.9 Å². The van der Waals surface area contributed by atoms with E-state index in [-0.39, 0.29) is 18.9 Å². The van der Waals surface area contributed by atoms with Gasteiger partial charge in [0.2, 0.25) is 0 Å². The van der Waals surface area contributed by atoms with Gasteiger partial charge in [-0.15, -0.1) is 0 Å². The average Bonchev–Trinajstić information content (AvgIpc) is 3.02. The van der Waals surface area contributed by atoms with Gasteiger partial charge in [0.15, 0.2) is 0 Å². The van der Waals surface area contributed by atoms with Crippen molar-refractivity contribution in [3.63, 3.8) is 0 Å². The van der Waals surface area contributed by atoms with Gasteiger partial charge in [-0.05, 0) is 64.1 Å². The molecule has 2 aromatic rings. The Bertz CT molecular complexity index is 719. The Hall–Kier alpha value is -2.34. The van der Waals surface area contributed by atoms with Gasteiger partial charge in [-0.1, -0.05) is 0 Å². The molecule has 1 unspecified atom stereocenters. The number of halogens is 1. The van der Waals surface area contributed by atoms with E-state index in [9.17, 15) is 9.18 Å². The van der Waals surface area contributed by atoms with Crippen molar-refractivity contribution in [2.24, 2.45) is 5.73 Å². The summed E-state index contributed by atoms with van der Waals surface area (Å²) in [4.78, 5) is 11.9. The highest BCUT2D eigenvalue weighted by Gasteiger charge is 2.30. The molecule has 0 radical (unpaired) electrons. The zero-order chi connectivity index (χ0) is 18.7. The van der Waals surface area contributed by atoms with Crippen LogP contribution >= 0.6 is 0 Å². The third kappa shape index (κ3) is 5.06. The van der Waals surface area contributed by atoms with E-state index in [1.54, 1.807) is 32.9 Å². The predicted molar refractivity (Wildman–Crippen MR) is 94.7 cm³/mol. The van der Waals surface area contributed by atoms with Crippen molar-refractivity contribution in [2.45, 2.75) is 38.7 Å². The number of benzene rings is 1. The molecule has 0 bridgehead atoms. The van der Waals surface area contributed by atoms with E-state index in [1.165, 1.54) is 12.1 Å². The molecule has 5 nitrogen and oxygen atoms in total. The van der Waals surface area contributed by atoms with Gasteiger partial charge in [-0.25, -0.2) is 9.18 Å². The van der Waals surface area contributed by atoms with Crippen LogP contribution in [0.2, 0.25) is 0 Å². The van der Waals surface area contributed by atoms with E-state index in [0.717, 1.165) is 5.56 Å². The number of carbonyl (C=O) groups excluding carboxylic acids is 1. The van der Waals surface area contributed by atoms with Gasteiger partial charge in [0.05, 0.1) is 5.41 Å². The Labute approximate surface area is 147 Å². The van der Waals surface area contributed by atoms with E-state index in [0.29, 0.717) is 11.5 Å². The lowest BCUT2D eigenvalue weighted by molar-refractivity contribution is 0.0514. The molecular formula is C19H25FN2O3. The largest absolute Gasteiger partial charge is 0.460 e. The van der Waals surface area contributed by atoms with Crippen LogP contribution in [0.25, 0.3) is 11.3 Å². The number of ether oxygens (including phenoxy) is 1. The van der Waals surface area contributed by atoms with Crippen LogP contribution in [0, 0.1) is 5.82 Å². The lowest BCUT2D eigenvalue weighted by Crippen LogP contribution is -2.45. The Kier molecular flexibility index (Phi) is 5.52. The molecule has 1 heterocycles. The summed E-state index contributed by atoms with van der Waals surface area (Å²) < 4.78 is 24.2. The number of rotatable bonds is 5. The number of hydrogen-bond acceptors (Lipinski definition) is 4. The fourth-order valence-electron chi connectivity index (χ4n) is 2.27. The lowest BCUT2D eigenvalue weighted by Gasteiger charge is -2.27. The van der Waals surface area contributed by atoms with E-state index >= 15 is 0 Å². The number of alkyl carbamates (subject to hydrolysis) is 1. The summed E-state index contributed by atoms with van der Waals surface area (Å²) >= 11 is 0. The first-order valence-electron chi connectivity index (χ1n) is 8.16. The van der Waals surface area contributed by atoms with Gasteiger partial charge < -0.3 is 20.2 Å². The molecule has 0 fully saturated rings. The second kappa shape index (κ2) is 7.27. The molecule has 6 heteroatoms. The summed E-state index contributed by atoms with van der Waals surface area (Å²) in [5.74, 6) is 0.959. The number of amides is 1. The van der Waals surface area contributed by atoms with E-state index in [2.05, 4.69) is 5.32 Å². The fourth-order valence-corrected chi connectivity index (χ4v) is 2.27. The third-order valence-corrected chi connectivity index (χ3v) is 3.80. The molecule has 25 heavy (non-hydrogen) atoms. The minimum absolute atomic E-state index is 0.273. The Balaban J connectivity index is 2.11. The highest BCUT2D eigenvalue weighted by atomic mass is 19.1. The van der Waals surface area contributed by atoms with Gasteiger partial charge >= 0.3 is 6.09 Å². The summed E-state index contributed by atoms with van der Waals surface area (Å²) in [7, 11) is 0. The van der Waals surface area contributed by atoms with Crippen molar-refractivity contribution in [1.29, 1.82) is 0 Å². The maximum atomic E-state index is 13.0. The molecule has 0 spiro atoms. The van der Waals surface area contributed by atoms with E-state index in [1.807, 2.05) is 19.1 Å². The molecule has 1 amide bonds. The minimum Gasteiger partial charge on any atom is -0.460 e. The first-order valence-corrected chi connectivity index (χ1v) is 8.16. The second-order valence-corrected chi connectivity index (χ2v) is 7.29. The van der Waals surface area contributed by atoms with Crippen molar-refractivity contribution in [1.82, 2.24) is 5.32 Å². The first kappa shape index (κ1) is 19.0. The smallest absolute Gasteiger partial charge is 0.407 e. The number of furan rings is 1. The number of hydrogen-bond donors (Lipinski definition) is 2. The quantitative estimate of drug-likeness (QED) is 0.861. The van der Waals surface area contributed by atoms with Crippen LogP contribution in [0.15, 0.2) is 40.8 Å². The molecule has 1 aromatic heterocycles. The SMILES string of the molecule is CC(C)(C)OC(=O)NCC(C)(CN)c1ccc(-c2ccc(F)cc2)o1. The van der Waals surface area contributed by atoms with E-state index < -0.39 is 17.1 Å². The fraction of sp³-hybridized carbons (Fsp3) is 0.421. The maximum absolute atomic E-state index is 13.0. The van der Waals surface area contributed by atoms with Crippen molar-refractivity contribution in [3.05, 3.63) is 48.0 Å². The van der Waals surface area contributed by atoms with Crippen molar-refractivity contribution < 1.29 is 18.3 Å². The van der Waals surface area contributed by atoms with Gasteiger partial charge in [0.25, 0.3) is 0 Å². The molecule has 0 aliphatic heterocycles. The molecule has 0 saturated carbocycles. The molecule has 0 saturated heterocycles. The van der Waals surface area contributed by atoms with Crippen LogP contribution in [0.3, 0.4) is 0 Å². The zero-order valence-electron chi connectivity index (χ0n) is 15.1. The van der Waals surface area contributed by atoms with Crippen LogP contribution in [-0.4, -0.2) is 24.8 Å². The lowest BCUT2D eigenvalue weighted by atomic mass is 9.88. The molecule has 0 aliphatic rings. The zero-order valence-corrected chi connectivity index (χ0v) is 15.1. The Morgan fingerprint density at radius 2 is 1.80 bits per heavy atom. The summed E-state index contributed by atoms with van der Waals surface area (Å²) in [5, 5.41) is 2.73. The highest BCUT2D eigenvalue weighted by Crippen LogP contribution is 2.29. The summed E-state index contributed by atoms with van der Waals surface area (Å²) in [6, 6.07) is 9.69. The van der Waals surface area contributed by atoms with Crippen LogP contribution in [-0.2, 0) is 10.2 Å². The van der Waals surface area contributed by atoms with Crippen LogP contribution in [0.1, 0.15) is 33.5 Å². The minimum atomic E-state index is -0.588. The Morgan fingerprint density at radius 3 is 2.36 bits per heavy atom. The summed E-state index contributed by atoms with van der Waals surface area (Å²) in [5.41, 5.74) is 5.54. The monoisotopic (exact) mass is 348 g/mol. The molecule has 136 valence electrons. The summed E-state index contributed by atoms with van der Waals surface area (Å²) in [6.45, 7) is 7.86. The molecule has 2 rings (SSSR count).